The molecule has 0 fully saturated rings. The van der Waals surface area contributed by atoms with Crippen molar-refractivity contribution in [1.82, 2.24) is 10.2 Å². The number of hydrogen-bond acceptors (Lipinski definition) is 4. The number of nitrogens with zero attached hydrogens (tertiary/aromatic N) is 1. The van der Waals surface area contributed by atoms with Gasteiger partial charge in [-0.25, -0.2) is 0 Å². The van der Waals surface area contributed by atoms with Gasteiger partial charge in [0.25, 0.3) is 5.91 Å². The van der Waals surface area contributed by atoms with Crippen LogP contribution in [0.3, 0.4) is 0 Å². The average molecular weight is 749 g/mol. The molecule has 0 atom stereocenters. The minimum Gasteiger partial charge on any atom is -0.449 e. The average Bonchev–Trinajstić information content (AvgIpc) is 3.14. The maximum atomic E-state index is 13.8. The molecule has 0 spiro atoms. The minimum atomic E-state index is -1.02. The minimum absolute atomic E-state index is 0.0474. The molecule has 0 aliphatic rings. The van der Waals surface area contributed by atoms with Crippen LogP contribution in [0.5, 0.6) is 0 Å². The quantitative estimate of drug-likeness (QED) is 0.0498. The van der Waals surface area contributed by atoms with Gasteiger partial charge in [0.2, 0.25) is 0 Å². The number of hydrogen-bond donors (Lipinski definition) is 1. The molecule has 316 valence electrons. The molecule has 0 radical (unpaired) electrons. The predicted octanol–water partition coefficient (Wildman–Crippen LogP) is 14.8. The summed E-state index contributed by atoms with van der Waals surface area (Å²) in [4.78, 5) is 29.1. The molecule has 0 heterocycles. The first-order valence-corrected chi connectivity index (χ1v) is 24.1. The van der Waals surface area contributed by atoms with Crippen LogP contribution in [0.15, 0.2) is 0 Å². The lowest BCUT2D eigenvalue weighted by atomic mass is 9.88. The Hall–Kier alpha value is -1.10. The Morgan fingerprint density at radius 1 is 0.434 bits per heavy atom. The zero-order valence-electron chi connectivity index (χ0n) is 37.0. The summed E-state index contributed by atoms with van der Waals surface area (Å²) in [6.07, 6.45) is 46.9. The van der Waals surface area contributed by atoms with Crippen molar-refractivity contribution >= 4 is 11.9 Å². The Morgan fingerprint density at radius 2 is 0.736 bits per heavy atom. The number of rotatable bonds is 43. The van der Waals surface area contributed by atoms with Crippen molar-refractivity contribution in [2.75, 3.05) is 27.2 Å². The summed E-state index contributed by atoms with van der Waals surface area (Å²) in [5.74, 6) is -0.251. The van der Waals surface area contributed by atoms with Gasteiger partial charge >= 0.3 is 5.97 Å². The fourth-order valence-electron chi connectivity index (χ4n) is 7.77. The van der Waals surface area contributed by atoms with Crippen LogP contribution < -0.4 is 5.32 Å². The van der Waals surface area contributed by atoms with E-state index in [4.69, 9.17) is 4.74 Å². The van der Waals surface area contributed by atoms with Gasteiger partial charge in [-0.15, -0.1) is 0 Å². The van der Waals surface area contributed by atoms with E-state index in [-0.39, 0.29) is 11.9 Å². The van der Waals surface area contributed by atoms with E-state index in [9.17, 15) is 9.59 Å². The molecule has 0 unspecified atom stereocenters. The van der Waals surface area contributed by atoms with Crippen LogP contribution in [0.1, 0.15) is 265 Å². The van der Waals surface area contributed by atoms with Crippen LogP contribution in [0, 0.1) is 0 Å². The van der Waals surface area contributed by atoms with Crippen molar-refractivity contribution < 1.29 is 14.3 Å². The van der Waals surface area contributed by atoms with Crippen LogP contribution in [0.4, 0.5) is 0 Å². The van der Waals surface area contributed by atoms with Gasteiger partial charge in [0.05, 0.1) is 0 Å². The van der Waals surface area contributed by atoms with Crippen LogP contribution in [-0.4, -0.2) is 49.6 Å². The molecule has 0 saturated carbocycles. The summed E-state index contributed by atoms with van der Waals surface area (Å²) in [6.45, 7) is 8.24. The highest BCUT2D eigenvalue weighted by atomic mass is 16.6. The van der Waals surface area contributed by atoms with E-state index in [1.54, 1.807) is 0 Å². The summed E-state index contributed by atoms with van der Waals surface area (Å²) in [6, 6.07) is 0. The topological polar surface area (TPSA) is 58.6 Å². The lowest BCUT2D eigenvalue weighted by Gasteiger charge is -2.33. The third-order valence-corrected chi connectivity index (χ3v) is 11.4. The highest BCUT2D eigenvalue weighted by molar-refractivity contribution is 5.87. The molecule has 1 amide bonds. The number of carbonyl (C=O) groups excluding carboxylic acids is 2. The van der Waals surface area contributed by atoms with Crippen molar-refractivity contribution in [3.8, 4) is 0 Å². The predicted molar refractivity (Wildman–Crippen MR) is 233 cm³/mol. The number of esters is 1. The van der Waals surface area contributed by atoms with Gasteiger partial charge in [0.15, 0.2) is 5.60 Å². The first kappa shape index (κ1) is 51.9. The molecule has 0 bridgehead atoms. The summed E-state index contributed by atoms with van der Waals surface area (Å²) < 4.78 is 6.29. The van der Waals surface area contributed by atoms with Gasteiger partial charge in [-0.1, -0.05) is 220 Å². The molecule has 5 nitrogen and oxygen atoms in total. The number of amides is 1. The van der Waals surface area contributed by atoms with Gasteiger partial charge in [-0.3, -0.25) is 9.59 Å². The van der Waals surface area contributed by atoms with Crippen molar-refractivity contribution in [3.63, 3.8) is 0 Å². The summed E-state index contributed by atoms with van der Waals surface area (Å²) in [7, 11) is 4.07. The molecular formula is C48H96N2O3. The first-order valence-electron chi connectivity index (χ1n) is 24.1. The molecule has 5 heteroatoms. The third-order valence-electron chi connectivity index (χ3n) is 11.4. The molecule has 1 N–H and O–H groups in total. The molecule has 0 saturated heterocycles. The monoisotopic (exact) mass is 749 g/mol. The number of ether oxygens (including phenoxy) is 1. The van der Waals surface area contributed by atoms with E-state index < -0.39 is 5.60 Å². The van der Waals surface area contributed by atoms with Crippen molar-refractivity contribution in [2.45, 2.75) is 270 Å². The second-order valence-corrected chi connectivity index (χ2v) is 17.1. The van der Waals surface area contributed by atoms with Gasteiger partial charge in [0, 0.05) is 13.0 Å². The van der Waals surface area contributed by atoms with E-state index in [1.165, 1.54) is 180 Å². The number of unbranched alkanes of at least 4 members (excludes halogenated alkanes) is 31. The molecule has 53 heavy (non-hydrogen) atoms. The van der Waals surface area contributed by atoms with Crippen LogP contribution in [0.25, 0.3) is 0 Å². The van der Waals surface area contributed by atoms with E-state index in [0.29, 0.717) is 25.8 Å². The van der Waals surface area contributed by atoms with Crippen molar-refractivity contribution in [2.24, 2.45) is 0 Å². The standard InChI is InChI=1S/C48H96N2O3/c1-6-9-12-14-16-18-20-22-24-26-28-30-32-34-36-38-42-48(47(52)49-44-11-8-3,53-46(51)41-40-45-50(4)5)43-39-37-35-33-31-29-27-25-23-21-19-17-15-13-10-7-2/h6-45H2,1-5H3,(H,49,52). The molecule has 0 aromatic rings. The number of carbonyl (C=O) groups is 2. The van der Waals surface area contributed by atoms with Gasteiger partial charge in [0.1, 0.15) is 0 Å². The zero-order valence-corrected chi connectivity index (χ0v) is 37.0. The van der Waals surface area contributed by atoms with Crippen molar-refractivity contribution in [3.05, 3.63) is 0 Å². The highest BCUT2D eigenvalue weighted by Gasteiger charge is 2.41. The lowest BCUT2D eigenvalue weighted by molar-refractivity contribution is -0.171. The molecule has 0 aromatic carbocycles. The molecule has 0 rings (SSSR count). The maximum Gasteiger partial charge on any atom is 0.306 e. The normalized spacial score (nSPS) is 11.8. The maximum absolute atomic E-state index is 13.8. The Balaban J connectivity index is 4.67. The molecule has 0 aliphatic carbocycles. The Morgan fingerprint density at radius 3 is 1.04 bits per heavy atom. The number of nitrogens with one attached hydrogen (secondary N) is 1. The van der Waals surface area contributed by atoms with Gasteiger partial charge in [-0.2, -0.15) is 0 Å². The molecular weight excluding hydrogens is 653 g/mol. The summed E-state index contributed by atoms with van der Waals surface area (Å²) in [5.41, 5.74) is -1.02. The second-order valence-electron chi connectivity index (χ2n) is 17.1. The van der Waals surface area contributed by atoms with E-state index in [1.807, 2.05) is 14.1 Å². The summed E-state index contributed by atoms with van der Waals surface area (Å²) in [5, 5.41) is 3.19. The molecule has 0 aliphatic heterocycles. The fraction of sp³-hybridized carbons (Fsp3) is 0.958. The van der Waals surface area contributed by atoms with Crippen LogP contribution >= 0.6 is 0 Å². The third kappa shape index (κ3) is 35.1. The lowest BCUT2D eigenvalue weighted by Crippen LogP contribution is -2.50. The van der Waals surface area contributed by atoms with E-state index >= 15 is 0 Å². The Bertz CT molecular complexity index is 734. The van der Waals surface area contributed by atoms with Crippen molar-refractivity contribution in [1.29, 1.82) is 0 Å². The van der Waals surface area contributed by atoms with Gasteiger partial charge in [-0.05, 0) is 59.2 Å². The van der Waals surface area contributed by atoms with Crippen LogP contribution in [0.2, 0.25) is 0 Å². The van der Waals surface area contributed by atoms with Gasteiger partial charge < -0.3 is 15.0 Å². The van der Waals surface area contributed by atoms with E-state index in [0.717, 1.165) is 51.5 Å². The Labute approximate surface area is 333 Å². The molecule has 0 aromatic heterocycles. The zero-order chi connectivity index (χ0) is 38.9. The second kappa shape index (κ2) is 40.6. The largest absolute Gasteiger partial charge is 0.449 e. The van der Waals surface area contributed by atoms with Crippen LogP contribution in [-0.2, 0) is 14.3 Å². The fourth-order valence-corrected chi connectivity index (χ4v) is 7.77. The summed E-state index contributed by atoms with van der Waals surface area (Å²) >= 11 is 0. The Kier molecular flexibility index (Phi) is 39.7. The highest BCUT2D eigenvalue weighted by Crippen LogP contribution is 2.29. The smallest absolute Gasteiger partial charge is 0.306 e. The first-order chi connectivity index (χ1) is 25.9. The SMILES string of the molecule is CCCCCCCCCCCCCCCCCCC(CCCCCCCCCCCCCCCCCC)(OC(=O)CCCN(C)C)C(=O)NCCCC. The van der Waals surface area contributed by atoms with E-state index in [2.05, 4.69) is 31.0 Å².